The molecule has 0 aromatic rings. The van der Waals surface area contributed by atoms with Gasteiger partial charge in [0.25, 0.3) is 0 Å². The van der Waals surface area contributed by atoms with Gasteiger partial charge in [-0.15, -0.1) is 0 Å². The molecule has 0 aromatic heterocycles. The molecule has 14 heavy (non-hydrogen) atoms. The fourth-order valence-corrected chi connectivity index (χ4v) is 2.06. The first-order valence-corrected chi connectivity index (χ1v) is 5.94. The Morgan fingerprint density at radius 3 is 2.93 bits per heavy atom. The molecule has 1 aliphatic heterocycles. The maximum absolute atomic E-state index is 9.33. The van der Waals surface area contributed by atoms with Gasteiger partial charge in [-0.3, -0.25) is 4.90 Å². The molecule has 1 rings (SSSR count). The van der Waals surface area contributed by atoms with Crippen molar-refractivity contribution in [2.75, 3.05) is 32.8 Å². The summed E-state index contributed by atoms with van der Waals surface area (Å²) >= 11 is 0. The third-order valence-corrected chi connectivity index (χ3v) is 2.99. The highest BCUT2D eigenvalue weighted by molar-refractivity contribution is 4.74. The van der Waals surface area contributed by atoms with Gasteiger partial charge in [0.2, 0.25) is 0 Å². The summed E-state index contributed by atoms with van der Waals surface area (Å²) in [6, 6.07) is 0.398. The molecule has 1 unspecified atom stereocenters. The number of hydrogen-bond donors (Lipinski definition) is 2. The smallest absolute Gasteiger partial charge is 0.0586 e. The molecule has 3 nitrogen and oxygen atoms in total. The Labute approximate surface area is 87.5 Å². The van der Waals surface area contributed by atoms with Crippen molar-refractivity contribution in [2.24, 2.45) is 0 Å². The van der Waals surface area contributed by atoms with Gasteiger partial charge >= 0.3 is 0 Å². The SMILES string of the molecule is CCCCC(CO)N1CCCNCC1. The van der Waals surface area contributed by atoms with Crippen LogP contribution in [0.25, 0.3) is 0 Å². The van der Waals surface area contributed by atoms with E-state index in [9.17, 15) is 5.11 Å². The van der Waals surface area contributed by atoms with Crippen LogP contribution in [0, 0.1) is 0 Å². The first-order chi connectivity index (χ1) is 6.88. The summed E-state index contributed by atoms with van der Waals surface area (Å²) in [4.78, 5) is 2.44. The predicted molar refractivity (Wildman–Crippen MR) is 59.5 cm³/mol. The molecule has 0 spiro atoms. The molecule has 0 radical (unpaired) electrons. The van der Waals surface area contributed by atoms with Crippen molar-refractivity contribution in [3.8, 4) is 0 Å². The van der Waals surface area contributed by atoms with Crippen molar-refractivity contribution in [3.63, 3.8) is 0 Å². The molecule has 1 atom stereocenters. The Morgan fingerprint density at radius 1 is 1.36 bits per heavy atom. The van der Waals surface area contributed by atoms with E-state index < -0.39 is 0 Å². The van der Waals surface area contributed by atoms with Crippen LogP contribution in [-0.2, 0) is 0 Å². The number of nitrogens with one attached hydrogen (secondary N) is 1. The zero-order valence-electron chi connectivity index (χ0n) is 9.34. The maximum atomic E-state index is 9.33. The number of unbranched alkanes of at least 4 members (excludes halogenated alkanes) is 1. The van der Waals surface area contributed by atoms with Crippen LogP contribution in [0.15, 0.2) is 0 Å². The summed E-state index contributed by atoms with van der Waals surface area (Å²) in [7, 11) is 0. The highest BCUT2D eigenvalue weighted by Gasteiger charge is 2.17. The molecule has 0 aromatic carbocycles. The van der Waals surface area contributed by atoms with E-state index in [0.717, 1.165) is 32.6 Å². The van der Waals surface area contributed by atoms with Crippen LogP contribution in [-0.4, -0.2) is 48.8 Å². The molecular formula is C11H24N2O. The second-order valence-corrected chi connectivity index (χ2v) is 4.12. The first-order valence-electron chi connectivity index (χ1n) is 5.94. The van der Waals surface area contributed by atoms with Crippen LogP contribution in [0.4, 0.5) is 0 Å². The molecule has 0 bridgehead atoms. The molecule has 1 fully saturated rings. The quantitative estimate of drug-likeness (QED) is 0.690. The maximum Gasteiger partial charge on any atom is 0.0586 e. The molecule has 2 N–H and O–H groups in total. The monoisotopic (exact) mass is 200 g/mol. The summed E-state index contributed by atoms with van der Waals surface area (Å²) < 4.78 is 0. The molecule has 1 heterocycles. The zero-order valence-corrected chi connectivity index (χ0v) is 9.34. The Bertz CT molecular complexity index is 133. The van der Waals surface area contributed by atoms with Gasteiger partial charge in [-0.05, 0) is 25.9 Å². The van der Waals surface area contributed by atoms with Gasteiger partial charge < -0.3 is 10.4 Å². The van der Waals surface area contributed by atoms with Gasteiger partial charge in [-0.1, -0.05) is 19.8 Å². The third kappa shape index (κ3) is 3.95. The third-order valence-electron chi connectivity index (χ3n) is 2.99. The number of aliphatic hydroxyl groups excluding tert-OH is 1. The highest BCUT2D eigenvalue weighted by Crippen LogP contribution is 2.09. The van der Waals surface area contributed by atoms with Crippen molar-refractivity contribution < 1.29 is 5.11 Å². The van der Waals surface area contributed by atoms with Crippen LogP contribution in [0.5, 0.6) is 0 Å². The standard InChI is InChI=1S/C11H24N2O/c1-2-3-5-11(10-14)13-8-4-6-12-7-9-13/h11-12,14H,2-10H2,1H3. The van der Waals surface area contributed by atoms with Crippen LogP contribution in [0.1, 0.15) is 32.6 Å². The van der Waals surface area contributed by atoms with Gasteiger partial charge in [0.1, 0.15) is 0 Å². The lowest BCUT2D eigenvalue weighted by Crippen LogP contribution is -2.40. The lowest BCUT2D eigenvalue weighted by Gasteiger charge is -2.28. The van der Waals surface area contributed by atoms with E-state index in [1.807, 2.05) is 0 Å². The van der Waals surface area contributed by atoms with Gasteiger partial charge in [0.15, 0.2) is 0 Å². The van der Waals surface area contributed by atoms with E-state index in [2.05, 4.69) is 17.1 Å². The van der Waals surface area contributed by atoms with E-state index in [4.69, 9.17) is 0 Å². The summed E-state index contributed by atoms with van der Waals surface area (Å²) in [6.45, 7) is 6.96. The molecular weight excluding hydrogens is 176 g/mol. The van der Waals surface area contributed by atoms with E-state index in [-0.39, 0.29) is 0 Å². The van der Waals surface area contributed by atoms with E-state index in [0.29, 0.717) is 12.6 Å². The number of hydrogen-bond acceptors (Lipinski definition) is 3. The molecule has 1 saturated heterocycles. The second-order valence-electron chi connectivity index (χ2n) is 4.12. The van der Waals surface area contributed by atoms with Gasteiger partial charge in [-0.2, -0.15) is 0 Å². The van der Waals surface area contributed by atoms with Crippen LogP contribution in [0.3, 0.4) is 0 Å². The normalized spacial score (nSPS) is 21.9. The minimum atomic E-state index is 0.319. The van der Waals surface area contributed by atoms with E-state index in [1.165, 1.54) is 19.3 Å². The average Bonchev–Trinajstić information content (AvgIpc) is 2.48. The van der Waals surface area contributed by atoms with E-state index in [1.54, 1.807) is 0 Å². The summed E-state index contributed by atoms with van der Waals surface area (Å²) in [5.74, 6) is 0. The Kier molecular flexibility index (Phi) is 6.15. The number of nitrogens with zero attached hydrogens (tertiary/aromatic N) is 1. The molecule has 0 saturated carbocycles. The first kappa shape index (κ1) is 12.0. The van der Waals surface area contributed by atoms with Crippen molar-refractivity contribution >= 4 is 0 Å². The Balaban J connectivity index is 2.32. The van der Waals surface area contributed by atoms with Crippen molar-refractivity contribution in [1.82, 2.24) is 10.2 Å². The van der Waals surface area contributed by atoms with Crippen molar-refractivity contribution in [1.29, 1.82) is 0 Å². The predicted octanol–water partition coefficient (Wildman–Crippen LogP) is 0.833. The largest absolute Gasteiger partial charge is 0.395 e. The zero-order chi connectivity index (χ0) is 10.2. The fourth-order valence-electron chi connectivity index (χ4n) is 2.06. The minimum Gasteiger partial charge on any atom is -0.395 e. The second kappa shape index (κ2) is 7.21. The highest BCUT2D eigenvalue weighted by atomic mass is 16.3. The van der Waals surface area contributed by atoms with Crippen LogP contribution in [0.2, 0.25) is 0 Å². The van der Waals surface area contributed by atoms with Gasteiger partial charge in [-0.25, -0.2) is 0 Å². The fraction of sp³-hybridized carbons (Fsp3) is 1.00. The average molecular weight is 200 g/mol. The molecule has 0 amide bonds. The van der Waals surface area contributed by atoms with Crippen molar-refractivity contribution in [2.45, 2.75) is 38.6 Å². The van der Waals surface area contributed by atoms with E-state index >= 15 is 0 Å². The van der Waals surface area contributed by atoms with Crippen molar-refractivity contribution in [3.05, 3.63) is 0 Å². The Morgan fingerprint density at radius 2 is 2.21 bits per heavy atom. The van der Waals surface area contributed by atoms with Crippen LogP contribution < -0.4 is 5.32 Å². The molecule has 1 aliphatic rings. The minimum absolute atomic E-state index is 0.319. The lowest BCUT2D eigenvalue weighted by atomic mass is 10.1. The summed E-state index contributed by atoms with van der Waals surface area (Å²) in [5, 5.41) is 12.7. The molecule has 84 valence electrons. The van der Waals surface area contributed by atoms with Crippen LogP contribution >= 0.6 is 0 Å². The molecule has 0 aliphatic carbocycles. The lowest BCUT2D eigenvalue weighted by molar-refractivity contribution is 0.120. The Hall–Kier alpha value is -0.120. The summed E-state index contributed by atoms with van der Waals surface area (Å²) in [5.41, 5.74) is 0. The topological polar surface area (TPSA) is 35.5 Å². The van der Waals surface area contributed by atoms with Gasteiger partial charge in [0.05, 0.1) is 6.61 Å². The number of rotatable bonds is 5. The number of aliphatic hydroxyl groups is 1. The summed E-state index contributed by atoms with van der Waals surface area (Å²) in [6.07, 6.45) is 4.81. The molecule has 3 heteroatoms. The van der Waals surface area contributed by atoms with Gasteiger partial charge in [0, 0.05) is 19.1 Å².